The van der Waals surface area contributed by atoms with E-state index >= 15 is 0 Å². The Kier molecular flexibility index (Phi) is 3.35. The van der Waals surface area contributed by atoms with Crippen LogP contribution in [0.4, 0.5) is 0 Å². The maximum absolute atomic E-state index is 11.4. The molecule has 1 heterocycles. The summed E-state index contributed by atoms with van der Waals surface area (Å²) in [4.78, 5) is 14.0. The van der Waals surface area contributed by atoms with E-state index in [2.05, 4.69) is 4.98 Å². The second-order valence-corrected chi connectivity index (χ2v) is 5.09. The number of carboxylic acid groups (broad SMARTS) is 1. The van der Waals surface area contributed by atoms with E-state index in [0.717, 1.165) is 5.51 Å². The molecule has 1 aromatic heterocycles. The van der Waals surface area contributed by atoms with E-state index in [4.69, 9.17) is 10.4 Å². The van der Waals surface area contributed by atoms with Crippen LogP contribution in [0.3, 0.4) is 0 Å². The number of hydrogen-bond acceptors (Lipinski definition) is 6. The fourth-order valence-corrected chi connectivity index (χ4v) is 2.86. The zero-order chi connectivity index (χ0) is 11.5. The van der Waals surface area contributed by atoms with Crippen LogP contribution < -0.4 is 4.72 Å². The fraction of sp³-hybridized carbons (Fsp3) is 0.167. The van der Waals surface area contributed by atoms with Gasteiger partial charge in [-0.25, -0.2) is 18.2 Å². The van der Waals surface area contributed by atoms with Gasteiger partial charge in [0.15, 0.2) is 9.90 Å². The zero-order valence-corrected chi connectivity index (χ0v) is 8.80. The largest absolute Gasteiger partial charge is 0.476 e. The Morgan fingerprint density at radius 2 is 2.40 bits per heavy atom. The van der Waals surface area contributed by atoms with Crippen LogP contribution in [0.1, 0.15) is 10.5 Å². The first-order valence-corrected chi connectivity index (χ1v) is 5.88. The lowest BCUT2D eigenvalue weighted by Crippen LogP contribution is -2.24. The SMILES string of the molecule is N#CCNS(=O)(=O)c1scnc1C(=O)O. The molecule has 7 nitrogen and oxygen atoms in total. The van der Waals surface area contributed by atoms with Gasteiger partial charge in [-0.2, -0.15) is 9.98 Å². The number of sulfonamides is 1. The second-order valence-electron chi connectivity index (χ2n) is 2.28. The van der Waals surface area contributed by atoms with Crippen LogP contribution in [0.5, 0.6) is 0 Å². The number of nitrogens with one attached hydrogen (secondary N) is 1. The Balaban J connectivity index is 3.11. The zero-order valence-electron chi connectivity index (χ0n) is 7.17. The molecule has 0 atom stereocenters. The lowest BCUT2D eigenvalue weighted by atomic mass is 10.5. The summed E-state index contributed by atoms with van der Waals surface area (Å²) in [5.74, 6) is -1.42. The number of hydrogen-bond donors (Lipinski definition) is 2. The molecule has 0 fully saturated rings. The lowest BCUT2D eigenvalue weighted by molar-refractivity contribution is 0.0687. The Hall–Kier alpha value is -1.50. The van der Waals surface area contributed by atoms with Crippen molar-refractivity contribution in [1.82, 2.24) is 9.71 Å². The van der Waals surface area contributed by atoms with Crippen molar-refractivity contribution in [2.75, 3.05) is 6.54 Å². The maximum Gasteiger partial charge on any atom is 0.356 e. The number of carboxylic acids is 1. The highest BCUT2D eigenvalue weighted by atomic mass is 32.2. The van der Waals surface area contributed by atoms with Crippen molar-refractivity contribution >= 4 is 27.3 Å². The molecule has 0 aromatic carbocycles. The van der Waals surface area contributed by atoms with Crippen LogP contribution >= 0.6 is 11.3 Å². The Morgan fingerprint density at radius 1 is 1.73 bits per heavy atom. The number of carbonyl (C=O) groups is 1. The lowest BCUT2D eigenvalue weighted by Gasteiger charge is -2.00. The molecule has 2 N–H and O–H groups in total. The molecule has 0 bridgehead atoms. The van der Waals surface area contributed by atoms with Crippen molar-refractivity contribution in [2.45, 2.75) is 4.21 Å². The third kappa shape index (κ3) is 2.50. The van der Waals surface area contributed by atoms with Gasteiger partial charge in [0.05, 0.1) is 18.1 Å². The standard InChI is InChI=1S/C6H5N3O4S2/c7-1-2-9-15(12,13)6-4(5(10)11)8-3-14-6/h3,9H,2H2,(H,10,11). The van der Waals surface area contributed by atoms with Gasteiger partial charge in [0.1, 0.15) is 0 Å². The van der Waals surface area contributed by atoms with Gasteiger partial charge in [-0.05, 0) is 0 Å². The third-order valence-corrected chi connectivity index (χ3v) is 4.09. The summed E-state index contributed by atoms with van der Waals surface area (Å²) in [7, 11) is -3.95. The van der Waals surface area contributed by atoms with Crippen molar-refractivity contribution in [3.05, 3.63) is 11.2 Å². The molecule has 1 rings (SSSR count). The van der Waals surface area contributed by atoms with Gasteiger partial charge in [-0.15, -0.1) is 11.3 Å². The van der Waals surface area contributed by atoms with Crippen molar-refractivity contribution < 1.29 is 18.3 Å². The number of rotatable bonds is 4. The van der Waals surface area contributed by atoms with Crippen LogP contribution in [0.15, 0.2) is 9.72 Å². The summed E-state index contributed by atoms with van der Waals surface area (Å²) in [5.41, 5.74) is 0.579. The van der Waals surface area contributed by atoms with Gasteiger partial charge in [-0.1, -0.05) is 0 Å². The van der Waals surface area contributed by atoms with E-state index in [1.807, 2.05) is 4.72 Å². The average Bonchev–Trinajstić information content (AvgIpc) is 2.63. The van der Waals surface area contributed by atoms with E-state index in [9.17, 15) is 13.2 Å². The monoisotopic (exact) mass is 247 g/mol. The summed E-state index contributed by atoms with van der Waals surface area (Å²) in [6.45, 7) is -0.417. The molecule has 0 radical (unpaired) electrons. The molecular weight excluding hydrogens is 242 g/mol. The Morgan fingerprint density at radius 3 is 2.93 bits per heavy atom. The number of aromatic carboxylic acids is 1. The van der Waals surface area contributed by atoms with Crippen LogP contribution in [-0.4, -0.2) is 31.0 Å². The predicted octanol–water partition coefficient (Wildman–Crippen LogP) is -0.357. The van der Waals surface area contributed by atoms with Crippen LogP contribution in [-0.2, 0) is 10.0 Å². The van der Waals surface area contributed by atoms with Crippen LogP contribution in [0.2, 0.25) is 0 Å². The molecule has 1 aromatic rings. The number of thiazole rings is 1. The Labute approximate surface area is 89.0 Å². The van der Waals surface area contributed by atoms with Gasteiger partial charge in [0, 0.05) is 0 Å². The minimum Gasteiger partial charge on any atom is -0.476 e. The smallest absolute Gasteiger partial charge is 0.356 e. The van der Waals surface area contributed by atoms with Crippen molar-refractivity contribution in [3.8, 4) is 6.07 Å². The number of aromatic nitrogens is 1. The third-order valence-electron chi connectivity index (χ3n) is 1.32. The minimum atomic E-state index is -3.95. The number of nitrogens with zero attached hydrogens (tertiary/aromatic N) is 2. The van der Waals surface area contributed by atoms with E-state index in [0.29, 0.717) is 11.3 Å². The summed E-state index contributed by atoms with van der Waals surface area (Å²) >= 11 is 0.683. The molecule has 0 amide bonds. The molecule has 0 aliphatic rings. The van der Waals surface area contributed by atoms with E-state index in [-0.39, 0.29) is 0 Å². The molecule has 0 unspecified atom stereocenters. The first-order valence-electron chi connectivity index (χ1n) is 3.52. The van der Waals surface area contributed by atoms with Gasteiger partial charge in [-0.3, -0.25) is 0 Å². The molecule has 0 saturated carbocycles. The molecule has 0 spiro atoms. The highest BCUT2D eigenvalue weighted by Crippen LogP contribution is 2.19. The fourth-order valence-electron chi connectivity index (χ4n) is 0.761. The summed E-state index contributed by atoms with van der Waals surface area (Å²) in [5, 5.41) is 16.8. The Bertz CT molecular complexity index is 513. The predicted molar refractivity (Wildman–Crippen MR) is 49.9 cm³/mol. The first-order chi connectivity index (χ1) is 6.99. The van der Waals surface area contributed by atoms with Gasteiger partial charge < -0.3 is 5.11 Å². The molecule has 0 aliphatic heterocycles. The van der Waals surface area contributed by atoms with Crippen molar-refractivity contribution in [3.63, 3.8) is 0 Å². The average molecular weight is 247 g/mol. The molecule has 9 heteroatoms. The quantitative estimate of drug-likeness (QED) is 0.701. The second kappa shape index (κ2) is 4.35. The molecule has 0 aliphatic carbocycles. The highest BCUT2D eigenvalue weighted by Gasteiger charge is 2.24. The van der Waals surface area contributed by atoms with Crippen LogP contribution in [0, 0.1) is 11.3 Å². The van der Waals surface area contributed by atoms with Gasteiger partial charge >= 0.3 is 5.97 Å². The summed E-state index contributed by atoms with van der Waals surface area (Å²) < 4.78 is 24.4. The van der Waals surface area contributed by atoms with E-state index in [1.54, 1.807) is 6.07 Å². The van der Waals surface area contributed by atoms with Crippen LogP contribution in [0.25, 0.3) is 0 Å². The molecular formula is C6H5N3O4S2. The normalized spacial score (nSPS) is 10.9. The van der Waals surface area contributed by atoms with Gasteiger partial charge in [0.2, 0.25) is 0 Å². The number of nitriles is 1. The summed E-state index contributed by atoms with van der Waals surface area (Å²) in [6.07, 6.45) is 0. The maximum atomic E-state index is 11.4. The van der Waals surface area contributed by atoms with Crippen molar-refractivity contribution in [2.24, 2.45) is 0 Å². The van der Waals surface area contributed by atoms with Crippen molar-refractivity contribution in [1.29, 1.82) is 5.26 Å². The first kappa shape index (κ1) is 11.6. The molecule has 0 saturated heterocycles. The van der Waals surface area contributed by atoms with Gasteiger partial charge in [0.25, 0.3) is 10.0 Å². The highest BCUT2D eigenvalue weighted by molar-refractivity contribution is 7.91. The molecule has 80 valence electrons. The summed E-state index contributed by atoms with van der Waals surface area (Å²) in [6, 6.07) is 1.58. The van der Waals surface area contributed by atoms with E-state index < -0.39 is 32.4 Å². The minimum absolute atomic E-state index is 0.398. The van der Waals surface area contributed by atoms with E-state index in [1.165, 1.54) is 0 Å². The topological polar surface area (TPSA) is 120 Å². The molecule has 15 heavy (non-hydrogen) atoms.